The third-order valence-electron chi connectivity index (χ3n) is 1.25. The van der Waals surface area contributed by atoms with Gasteiger partial charge < -0.3 is 10.6 Å². The lowest BCUT2D eigenvalue weighted by Crippen LogP contribution is -2.26. The Balaban J connectivity index is 2.38. The SMILES string of the molecule is CNC(=O)CNc1ncccn1. The molecule has 0 aliphatic rings. The highest BCUT2D eigenvalue weighted by molar-refractivity contribution is 5.79. The van der Waals surface area contributed by atoms with Crippen LogP contribution >= 0.6 is 0 Å². The van der Waals surface area contributed by atoms with E-state index >= 15 is 0 Å². The van der Waals surface area contributed by atoms with E-state index in [0.717, 1.165) is 0 Å². The number of rotatable bonds is 3. The second-order valence-electron chi connectivity index (χ2n) is 2.10. The molecule has 0 bridgehead atoms. The van der Waals surface area contributed by atoms with Crippen LogP contribution in [0.1, 0.15) is 0 Å². The van der Waals surface area contributed by atoms with Gasteiger partial charge in [-0.25, -0.2) is 9.97 Å². The molecule has 64 valence electrons. The van der Waals surface area contributed by atoms with E-state index in [1.165, 1.54) is 0 Å². The number of hydrogen-bond donors (Lipinski definition) is 2. The van der Waals surface area contributed by atoms with E-state index in [1.54, 1.807) is 25.5 Å². The molecule has 1 heterocycles. The average molecular weight is 166 g/mol. The molecule has 0 aliphatic carbocycles. The lowest BCUT2D eigenvalue weighted by atomic mass is 10.6. The summed E-state index contributed by atoms with van der Waals surface area (Å²) in [7, 11) is 1.58. The van der Waals surface area contributed by atoms with Crippen LogP contribution in [0.3, 0.4) is 0 Å². The van der Waals surface area contributed by atoms with Crippen LogP contribution in [0.4, 0.5) is 5.95 Å². The summed E-state index contributed by atoms with van der Waals surface area (Å²) in [6.07, 6.45) is 3.22. The van der Waals surface area contributed by atoms with Crippen LogP contribution in [0.5, 0.6) is 0 Å². The molecular formula is C7H10N4O. The largest absolute Gasteiger partial charge is 0.358 e. The minimum atomic E-state index is -0.0950. The number of anilines is 1. The molecule has 12 heavy (non-hydrogen) atoms. The molecule has 1 aromatic rings. The lowest BCUT2D eigenvalue weighted by molar-refractivity contribution is -0.118. The lowest BCUT2D eigenvalue weighted by Gasteiger charge is -2.01. The van der Waals surface area contributed by atoms with Gasteiger partial charge in [0, 0.05) is 19.4 Å². The average Bonchev–Trinajstić information content (AvgIpc) is 2.16. The number of nitrogens with one attached hydrogen (secondary N) is 2. The first-order chi connectivity index (χ1) is 5.83. The molecule has 1 aromatic heterocycles. The van der Waals surface area contributed by atoms with Gasteiger partial charge in [-0.1, -0.05) is 0 Å². The van der Waals surface area contributed by atoms with Crippen molar-refractivity contribution in [3.63, 3.8) is 0 Å². The quantitative estimate of drug-likeness (QED) is 0.643. The highest BCUT2D eigenvalue weighted by Crippen LogP contribution is 1.91. The predicted molar refractivity (Wildman–Crippen MR) is 44.6 cm³/mol. The number of carbonyl (C=O) groups is 1. The van der Waals surface area contributed by atoms with Crippen molar-refractivity contribution in [3.05, 3.63) is 18.5 Å². The molecule has 2 N–H and O–H groups in total. The van der Waals surface area contributed by atoms with E-state index < -0.39 is 0 Å². The van der Waals surface area contributed by atoms with Crippen LogP contribution in [0.15, 0.2) is 18.5 Å². The number of hydrogen-bond acceptors (Lipinski definition) is 4. The van der Waals surface area contributed by atoms with Crippen LogP contribution in [0.2, 0.25) is 0 Å². The van der Waals surface area contributed by atoms with Gasteiger partial charge >= 0.3 is 0 Å². The molecule has 0 unspecified atom stereocenters. The molecule has 0 atom stereocenters. The van der Waals surface area contributed by atoms with Gasteiger partial charge in [-0.05, 0) is 6.07 Å². The summed E-state index contributed by atoms with van der Waals surface area (Å²) < 4.78 is 0. The molecule has 5 heteroatoms. The monoisotopic (exact) mass is 166 g/mol. The second kappa shape index (κ2) is 4.27. The fourth-order valence-corrected chi connectivity index (χ4v) is 0.638. The van der Waals surface area contributed by atoms with Crippen LogP contribution in [-0.2, 0) is 4.79 Å². The smallest absolute Gasteiger partial charge is 0.239 e. The molecule has 0 saturated heterocycles. The summed E-state index contributed by atoms with van der Waals surface area (Å²) in [6, 6.07) is 1.71. The van der Waals surface area contributed by atoms with Crippen molar-refractivity contribution >= 4 is 11.9 Å². The second-order valence-corrected chi connectivity index (χ2v) is 2.10. The zero-order valence-electron chi connectivity index (χ0n) is 6.74. The molecule has 5 nitrogen and oxygen atoms in total. The normalized spacial score (nSPS) is 9.08. The summed E-state index contributed by atoms with van der Waals surface area (Å²) >= 11 is 0. The van der Waals surface area contributed by atoms with Gasteiger partial charge in [-0.2, -0.15) is 0 Å². The minimum Gasteiger partial charge on any atom is -0.358 e. The molecule has 0 spiro atoms. The number of carbonyl (C=O) groups excluding carboxylic acids is 1. The molecular weight excluding hydrogens is 156 g/mol. The zero-order chi connectivity index (χ0) is 8.81. The van der Waals surface area contributed by atoms with Gasteiger partial charge in [0.05, 0.1) is 6.54 Å². The maximum atomic E-state index is 10.8. The topological polar surface area (TPSA) is 66.9 Å². The number of likely N-dealkylation sites (N-methyl/N-ethyl adjacent to an activating group) is 1. The van der Waals surface area contributed by atoms with E-state index in [1.807, 2.05) is 0 Å². The highest BCUT2D eigenvalue weighted by Gasteiger charge is 1.97. The van der Waals surface area contributed by atoms with E-state index in [4.69, 9.17) is 0 Å². The Morgan fingerprint density at radius 3 is 2.75 bits per heavy atom. The molecule has 1 rings (SSSR count). The molecule has 0 aliphatic heterocycles. The first-order valence-corrected chi connectivity index (χ1v) is 3.54. The first kappa shape index (κ1) is 8.45. The van der Waals surface area contributed by atoms with Crippen LogP contribution in [-0.4, -0.2) is 29.5 Å². The van der Waals surface area contributed by atoms with Crippen LogP contribution < -0.4 is 10.6 Å². The number of nitrogens with zero attached hydrogens (tertiary/aromatic N) is 2. The van der Waals surface area contributed by atoms with Crippen molar-refractivity contribution in [2.75, 3.05) is 18.9 Å². The van der Waals surface area contributed by atoms with Crippen molar-refractivity contribution in [2.45, 2.75) is 0 Å². The van der Waals surface area contributed by atoms with E-state index in [2.05, 4.69) is 20.6 Å². The Labute approximate surface area is 70.2 Å². The van der Waals surface area contributed by atoms with Crippen LogP contribution in [0.25, 0.3) is 0 Å². The van der Waals surface area contributed by atoms with Crippen molar-refractivity contribution in [1.29, 1.82) is 0 Å². The summed E-state index contributed by atoms with van der Waals surface area (Å²) in [5.74, 6) is 0.364. The third kappa shape index (κ3) is 2.53. The molecule has 0 aromatic carbocycles. The highest BCUT2D eigenvalue weighted by atomic mass is 16.1. The third-order valence-corrected chi connectivity index (χ3v) is 1.25. The number of aromatic nitrogens is 2. The maximum Gasteiger partial charge on any atom is 0.239 e. The van der Waals surface area contributed by atoms with Crippen molar-refractivity contribution < 1.29 is 4.79 Å². The van der Waals surface area contributed by atoms with Crippen molar-refractivity contribution in [2.24, 2.45) is 0 Å². The Kier molecular flexibility index (Phi) is 3.01. The van der Waals surface area contributed by atoms with Gasteiger partial charge in [0.2, 0.25) is 11.9 Å². The van der Waals surface area contributed by atoms with E-state index in [-0.39, 0.29) is 12.5 Å². The maximum absolute atomic E-state index is 10.8. The summed E-state index contributed by atoms with van der Waals surface area (Å²) in [5.41, 5.74) is 0. The summed E-state index contributed by atoms with van der Waals surface area (Å²) in [5, 5.41) is 5.24. The summed E-state index contributed by atoms with van der Waals surface area (Å²) in [4.78, 5) is 18.5. The zero-order valence-corrected chi connectivity index (χ0v) is 6.74. The van der Waals surface area contributed by atoms with Crippen LogP contribution in [0, 0.1) is 0 Å². The van der Waals surface area contributed by atoms with Gasteiger partial charge in [-0.3, -0.25) is 4.79 Å². The molecule has 0 radical (unpaired) electrons. The fourth-order valence-electron chi connectivity index (χ4n) is 0.638. The fraction of sp³-hybridized carbons (Fsp3) is 0.286. The molecule has 0 saturated carbocycles. The van der Waals surface area contributed by atoms with Gasteiger partial charge in [0.1, 0.15) is 0 Å². The molecule has 0 fully saturated rings. The first-order valence-electron chi connectivity index (χ1n) is 3.54. The Morgan fingerprint density at radius 1 is 1.50 bits per heavy atom. The Bertz CT molecular complexity index is 249. The minimum absolute atomic E-state index is 0.0950. The van der Waals surface area contributed by atoms with Crippen molar-refractivity contribution in [3.8, 4) is 0 Å². The van der Waals surface area contributed by atoms with Gasteiger partial charge in [0.25, 0.3) is 0 Å². The van der Waals surface area contributed by atoms with Gasteiger partial charge in [0.15, 0.2) is 0 Å². The Hall–Kier alpha value is -1.65. The van der Waals surface area contributed by atoms with Gasteiger partial charge in [-0.15, -0.1) is 0 Å². The van der Waals surface area contributed by atoms with E-state index in [0.29, 0.717) is 5.95 Å². The van der Waals surface area contributed by atoms with E-state index in [9.17, 15) is 4.79 Å². The Morgan fingerprint density at radius 2 is 2.17 bits per heavy atom. The number of amides is 1. The van der Waals surface area contributed by atoms with Crippen molar-refractivity contribution in [1.82, 2.24) is 15.3 Å². The summed E-state index contributed by atoms with van der Waals surface area (Å²) in [6.45, 7) is 0.195. The standard InChI is InChI=1S/C7H10N4O/c1-8-6(12)5-11-7-9-3-2-4-10-7/h2-4H,5H2,1H3,(H,8,12)(H,9,10,11). The predicted octanol–water partition coefficient (Wildman–Crippen LogP) is -0.366. The molecule has 1 amide bonds.